The number of fused-ring (bicyclic) bond motifs is 3. The maximum Gasteiger partial charge on any atom is 0.132 e. The Morgan fingerprint density at radius 1 is 0.854 bits per heavy atom. The van der Waals surface area contributed by atoms with E-state index in [0.717, 1.165) is 66.0 Å². The van der Waals surface area contributed by atoms with Crippen LogP contribution < -0.4 is 14.2 Å². The van der Waals surface area contributed by atoms with Crippen molar-refractivity contribution < 1.29 is 19.3 Å². The van der Waals surface area contributed by atoms with E-state index < -0.39 is 5.60 Å². The van der Waals surface area contributed by atoms with E-state index in [1.54, 1.807) is 0 Å². The van der Waals surface area contributed by atoms with Gasteiger partial charge < -0.3 is 19.3 Å². The van der Waals surface area contributed by atoms with Crippen molar-refractivity contribution in [2.75, 3.05) is 13.2 Å². The molecule has 1 saturated carbocycles. The van der Waals surface area contributed by atoms with Crippen LogP contribution >= 0.6 is 0 Å². The number of hydrogen-bond donors (Lipinski definition) is 1. The summed E-state index contributed by atoms with van der Waals surface area (Å²) < 4.78 is 20.0. The van der Waals surface area contributed by atoms with Crippen molar-refractivity contribution in [3.63, 3.8) is 0 Å². The second-order valence-electron chi connectivity index (χ2n) is 15.7. The molecule has 1 aliphatic heterocycles. The van der Waals surface area contributed by atoms with Gasteiger partial charge in [0.1, 0.15) is 41.8 Å². The number of phenolic OH excluding ortho intramolecular Hbond substituents is 1. The largest absolute Gasteiger partial charge is 0.508 e. The zero-order valence-corrected chi connectivity index (χ0v) is 31.2. The molecule has 1 heterocycles. The fraction of sp³-hybridized carbons (Fsp3) is 0.591. The van der Waals surface area contributed by atoms with Crippen LogP contribution in [0.1, 0.15) is 140 Å². The molecule has 5 rings (SSSR count). The third kappa shape index (κ3) is 8.35. The first-order valence-corrected chi connectivity index (χ1v) is 19.1. The fourth-order valence-corrected chi connectivity index (χ4v) is 8.27. The number of benzene rings is 3. The molecule has 1 fully saturated rings. The van der Waals surface area contributed by atoms with Crippen LogP contribution in [0, 0.1) is 24.7 Å². The van der Waals surface area contributed by atoms with Crippen molar-refractivity contribution in [3.05, 3.63) is 70.3 Å². The Morgan fingerprint density at radius 2 is 1.50 bits per heavy atom. The first kappa shape index (κ1) is 36.1. The van der Waals surface area contributed by atoms with Gasteiger partial charge in [0.15, 0.2) is 0 Å². The molecule has 0 unspecified atom stereocenters. The maximum atomic E-state index is 11.6. The third-order valence-corrected chi connectivity index (χ3v) is 10.9. The average Bonchev–Trinajstić information content (AvgIpc) is 3.02. The zero-order chi connectivity index (χ0) is 34.4. The molecule has 0 aromatic heterocycles. The van der Waals surface area contributed by atoms with Crippen molar-refractivity contribution in [1.29, 1.82) is 0 Å². The Hall–Kier alpha value is -3.14. The molecule has 0 bridgehead atoms. The van der Waals surface area contributed by atoms with Crippen molar-refractivity contribution in [1.82, 2.24) is 0 Å². The molecule has 262 valence electrons. The summed E-state index contributed by atoms with van der Waals surface area (Å²) in [5.41, 5.74) is 7.63. The highest BCUT2D eigenvalue weighted by Gasteiger charge is 2.36. The van der Waals surface area contributed by atoms with E-state index in [2.05, 4.69) is 91.8 Å². The lowest BCUT2D eigenvalue weighted by Gasteiger charge is -2.38. The summed E-state index contributed by atoms with van der Waals surface area (Å²) in [7, 11) is 0. The molecule has 0 saturated heterocycles. The zero-order valence-electron chi connectivity index (χ0n) is 31.2. The molecular formula is C44H62O4. The van der Waals surface area contributed by atoms with Crippen molar-refractivity contribution in [2.45, 2.75) is 138 Å². The third-order valence-electron chi connectivity index (χ3n) is 10.9. The van der Waals surface area contributed by atoms with Crippen molar-refractivity contribution in [2.24, 2.45) is 17.8 Å². The van der Waals surface area contributed by atoms with Gasteiger partial charge in [-0.1, -0.05) is 90.5 Å². The monoisotopic (exact) mass is 654 g/mol. The lowest BCUT2D eigenvalue weighted by atomic mass is 9.67. The number of aryl methyl sites for hydroxylation is 3. The predicted molar refractivity (Wildman–Crippen MR) is 200 cm³/mol. The van der Waals surface area contributed by atoms with Gasteiger partial charge in [0.2, 0.25) is 0 Å². The molecule has 0 radical (unpaired) electrons. The smallest absolute Gasteiger partial charge is 0.132 e. The van der Waals surface area contributed by atoms with E-state index in [1.165, 1.54) is 60.8 Å². The van der Waals surface area contributed by atoms with Crippen molar-refractivity contribution >= 4 is 0 Å². The molecule has 3 aromatic rings. The molecule has 4 nitrogen and oxygen atoms in total. The standard InChI is InChI=1S/C44H62O4/c1-9-11-13-15-32-25-38(45)42(35-23-30(5)17-19-34(35)29(3)4)39(26-32)46-21-22-47-40-27-33(16-14-12-10-2)28-41-43(40)36-24-31(6)18-20-37(36)44(7,8)48-41/h18,20,24-30,34-35,45H,9-17,19,21-23H2,1-8H3/t30-,34-,35+/m0/s1. The molecule has 4 heteroatoms. The summed E-state index contributed by atoms with van der Waals surface area (Å²) in [4.78, 5) is 0. The van der Waals surface area contributed by atoms with Crippen LogP contribution in [0.4, 0.5) is 0 Å². The summed E-state index contributed by atoms with van der Waals surface area (Å²) in [5.74, 6) is 5.04. The summed E-state index contributed by atoms with van der Waals surface area (Å²) in [6, 6.07) is 15.3. The van der Waals surface area contributed by atoms with Gasteiger partial charge in [-0.2, -0.15) is 0 Å². The number of ether oxygens (including phenoxy) is 3. The summed E-state index contributed by atoms with van der Waals surface area (Å²) >= 11 is 0. The van der Waals surface area contributed by atoms with Crippen LogP contribution in [0.2, 0.25) is 0 Å². The first-order chi connectivity index (χ1) is 23.0. The number of unbranched alkanes of at least 4 members (excludes halogenated alkanes) is 4. The number of aromatic hydroxyl groups is 1. The molecule has 0 spiro atoms. The highest BCUT2D eigenvalue weighted by Crippen LogP contribution is 2.51. The van der Waals surface area contributed by atoms with Crippen LogP contribution in [-0.2, 0) is 18.4 Å². The second kappa shape index (κ2) is 16.0. The van der Waals surface area contributed by atoms with E-state index in [-0.39, 0.29) is 0 Å². The highest BCUT2D eigenvalue weighted by molar-refractivity contribution is 5.82. The molecule has 1 aliphatic carbocycles. The minimum Gasteiger partial charge on any atom is -0.508 e. The maximum absolute atomic E-state index is 11.6. The van der Waals surface area contributed by atoms with E-state index >= 15 is 0 Å². The van der Waals surface area contributed by atoms with E-state index in [0.29, 0.717) is 42.6 Å². The number of hydrogen-bond acceptors (Lipinski definition) is 4. The quantitative estimate of drug-likeness (QED) is 0.166. The Kier molecular flexibility index (Phi) is 12.1. The van der Waals surface area contributed by atoms with Crippen LogP contribution in [0.15, 0.2) is 42.5 Å². The number of rotatable bonds is 15. The molecule has 0 amide bonds. The topological polar surface area (TPSA) is 47.9 Å². The average molecular weight is 655 g/mol. The molecule has 3 aromatic carbocycles. The Morgan fingerprint density at radius 3 is 2.17 bits per heavy atom. The van der Waals surface area contributed by atoms with Gasteiger partial charge in [-0.3, -0.25) is 0 Å². The molecular weight excluding hydrogens is 592 g/mol. The normalized spacial score (nSPS) is 19.8. The highest BCUT2D eigenvalue weighted by atomic mass is 16.5. The van der Waals surface area contributed by atoms with E-state index in [4.69, 9.17) is 14.2 Å². The Balaban J connectivity index is 1.43. The SMILES string of the molecule is CCCCCc1cc(OCCOc2cc(CCCCC)cc(O)c2[C@@H]2C[C@@H](C)CC[C@H]2C(C)C)c2c(c1)OC(C)(C)c1ccc(C)cc1-2. The van der Waals surface area contributed by atoms with Crippen LogP contribution in [0.5, 0.6) is 23.0 Å². The van der Waals surface area contributed by atoms with Gasteiger partial charge in [0.05, 0.1) is 5.56 Å². The summed E-state index contributed by atoms with van der Waals surface area (Å²) in [5, 5.41) is 11.6. The van der Waals surface area contributed by atoms with Gasteiger partial charge in [-0.05, 0) is 124 Å². The van der Waals surface area contributed by atoms with Crippen LogP contribution in [0.25, 0.3) is 11.1 Å². The minimum atomic E-state index is -0.427. The lowest BCUT2D eigenvalue weighted by molar-refractivity contribution is 0.105. The number of phenols is 1. The Bertz CT molecular complexity index is 1520. The fourth-order valence-electron chi connectivity index (χ4n) is 8.27. The molecule has 3 atom stereocenters. The summed E-state index contributed by atoms with van der Waals surface area (Å²) in [6.07, 6.45) is 12.5. The molecule has 1 N–H and O–H groups in total. The van der Waals surface area contributed by atoms with Gasteiger partial charge in [0.25, 0.3) is 0 Å². The van der Waals surface area contributed by atoms with Gasteiger partial charge in [-0.15, -0.1) is 0 Å². The van der Waals surface area contributed by atoms with Crippen molar-refractivity contribution in [3.8, 4) is 34.1 Å². The van der Waals surface area contributed by atoms with Crippen LogP contribution in [0.3, 0.4) is 0 Å². The molecule has 48 heavy (non-hydrogen) atoms. The first-order valence-electron chi connectivity index (χ1n) is 19.1. The van der Waals surface area contributed by atoms with Gasteiger partial charge in [-0.25, -0.2) is 0 Å². The summed E-state index contributed by atoms with van der Waals surface area (Å²) in [6.45, 7) is 18.8. The Labute approximate surface area is 291 Å². The van der Waals surface area contributed by atoms with Gasteiger partial charge >= 0.3 is 0 Å². The van der Waals surface area contributed by atoms with Crippen LogP contribution in [-0.4, -0.2) is 18.3 Å². The van der Waals surface area contributed by atoms with E-state index in [1.807, 2.05) is 6.07 Å². The minimum absolute atomic E-state index is 0.293. The van der Waals surface area contributed by atoms with E-state index in [9.17, 15) is 5.11 Å². The van der Waals surface area contributed by atoms with Gasteiger partial charge in [0, 0.05) is 11.1 Å². The second-order valence-corrected chi connectivity index (χ2v) is 15.7. The molecule has 2 aliphatic rings. The lowest BCUT2D eigenvalue weighted by Crippen LogP contribution is -2.29. The predicted octanol–water partition coefficient (Wildman–Crippen LogP) is 12.1.